The molecule has 6 heteroatoms. The van der Waals surface area contributed by atoms with Gasteiger partial charge in [-0.15, -0.1) is 0 Å². The molecule has 1 aromatic rings. The highest BCUT2D eigenvalue weighted by molar-refractivity contribution is 6.39. The van der Waals surface area contributed by atoms with Crippen molar-refractivity contribution < 1.29 is 14.3 Å². The van der Waals surface area contributed by atoms with E-state index >= 15 is 0 Å². The maximum Gasteiger partial charge on any atom is 0.270 e. The van der Waals surface area contributed by atoms with Crippen LogP contribution in [0.2, 0.25) is 0 Å². The van der Waals surface area contributed by atoms with Crippen LogP contribution < -0.4 is 4.74 Å². The number of rotatable bonds is 4. The minimum Gasteiger partial charge on any atom is -0.486 e. The Hall–Kier alpha value is -2.37. The van der Waals surface area contributed by atoms with Crippen molar-refractivity contribution in [3.05, 3.63) is 29.8 Å². The standard InChI is InChI=1S/C17H21N3O3/c1-3-12-6-4-5-7-15(12)23-13-10-20(11-13)17(22)14-8-9-16(21)19(2)18-14/h4-7,13H,3,8-11H2,1-2H3. The Balaban J connectivity index is 1.56. The molecule has 0 unspecified atom stereocenters. The SMILES string of the molecule is CCc1ccccc1OC1CN(C(=O)C2=NN(C)C(=O)CC2)C1. The Bertz CT molecular complexity index is 650. The minimum absolute atomic E-state index is 0.0233. The fraction of sp³-hybridized carbons (Fsp3) is 0.471. The van der Waals surface area contributed by atoms with Gasteiger partial charge in [0.25, 0.3) is 5.91 Å². The molecule has 6 nitrogen and oxygen atoms in total. The second-order valence-electron chi connectivity index (χ2n) is 5.88. The summed E-state index contributed by atoms with van der Waals surface area (Å²) < 4.78 is 5.98. The van der Waals surface area contributed by atoms with Crippen LogP contribution >= 0.6 is 0 Å². The van der Waals surface area contributed by atoms with Crippen molar-refractivity contribution in [3.63, 3.8) is 0 Å². The number of likely N-dealkylation sites (tertiary alicyclic amines) is 1. The highest BCUT2D eigenvalue weighted by atomic mass is 16.5. The average Bonchev–Trinajstić information content (AvgIpc) is 2.53. The molecule has 1 fully saturated rings. The number of benzene rings is 1. The molecule has 2 heterocycles. The van der Waals surface area contributed by atoms with E-state index in [1.165, 1.54) is 10.6 Å². The van der Waals surface area contributed by atoms with Crippen molar-refractivity contribution in [2.75, 3.05) is 20.1 Å². The molecule has 2 aliphatic heterocycles. The minimum atomic E-state index is -0.0898. The van der Waals surface area contributed by atoms with Crippen molar-refractivity contribution in [2.45, 2.75) is 32.3 Å². The number of para-hydroxylation sites is 1. The first-order valence-corrected chi connectivity index (χ1v) is 7.96. The zero-order chi connectivity index (χ0) is 16.4. The highest BCUT2D eigenvalue weighted by Gasteiger charge is 2.36. The molecule has 2 amide bonds. The first-order valence-electron chi connectivity index (χ1n) is 7.96. The third kappa shape index (κ3) is 3.21. The van der Waals surface area contributed by atoms with E-state index in [1.54, 1.807) is 11.9 Å². The first kappa shape index (κ1) is 15.5. The number of hydrogen-bond acceptors (Lipinski definition) is 4. The molecule has 2 aliphatic rings. The van der Waals surface area contributed by atoms with Crippen LogP contribution in [0.5, 0.6) is 5.75 Å². The van der Waals surface area contributed by atoms with Crippen molar-refractivity contribution >= 4 is 17.5 Å². The second-order valence-corrected chi connectivity index (χ2v) is 5.88. The lowest BCUT2D eigenvalue weighted by molar-refractivity contribution is -0.133. The van der Waals surface area contributed by atoms with Gasteiger partial charge in [0.1, 0.15) is 17.6 Å². The lowest BCUT2D eigenvalue weighted by Gasteiger charge is -2.39. The van der Waals surface area contributed by atoms with Gasteiger partial charge < -0.3 is 9.64 Å². The molecule has 0 bridgehead atoms. The summed E-state index contributed by atoms with van der Waals surface area (Å²) in [6.07, 6.45) is 1.71. The number of ether oxygens (including phenoxy) is 1. The monoisotopic (exact) mass is 315 g/mol. The molecule has 0 aliphatic carbocycles. The summed E-state index contributed by atoms with van der Waals surface area (Å²) in [5, 5.41) is 5.32. The lowest BCUT2D eigenvalue weighted by atomic mass is 10.1. The van der Waals surface area contributed by atoms with E-state index in [1.807, 2.05) is 18.2 Å². The maximum atomic E-state index is 12.4. The number of carbonyl (C=O) groups is 2. The van der Waals surface area contributed by atoms with Gasteiger partial charge in [0.05, 0.1) is 13.1 Å². The molecule has 0 saturated carbocycles. The Morgan fingerprint density at radius 2 is 2.04 bits per heavy atom. The molecule has 1 aromatic carbocycles. The zero-order valence-corrected chi connectivity index (χ0v) is 13.5. The quantitative estimate of drug-likeness (QED) is 0.845. The van der Waals surface area contributed by atoms with E-state index < -0.39 is 0 Å². The van der Waals surface area contributed by atoms with Crippen LogP contribution in [0.3, 0.4) is 0 Å². The van der Waals surface area contributed by atoms with E-state index in [0.29, 0.717) is 31.6 Å². The van der Waals surface area contributed by atoms with E-state index in [9.17, 15) is 9.59 Å². The topological polar surface area (TPSA) is 62.2 Å². The summed E-state index contributed by atoms with van der Waals surface area (Å²) >= 11 is 0. The molecule has 0 N–H and O–H groups in total. The Morgan fingerprint density at radius 1 is 1.30 bits per heavy atom. The summed E-state index contributed by atoms with van der Waals surface area (Å²) in [4.78, 5) is 25.5. The number of aryl methyl sites for hydroxylation is 1. The number of hydrazone groups is 1. The number of carbonyl (C=O) groups excluding carboxylic acids is 2. The van der Waals surface area contributed by atoms with Gasteiger partial charge in [-0.25, -0.2) is 5.01 Å². The predicted molar refractivity (Wildman–Crippen MR) is 86.3 cm³/mol. The molecular formula is C17H21N3O3. The van der Waals surface area contributed by atoms with Gasteiger partial charge in [0.2, 0.25) is 5.91 Å². The lowest BCUT2D eigenvalue weighted by Crippen LogP contribution is -2.58. The molecular weight excluding hydrogens is 294 g/mol. The van der Waals surface area contributed by atoms with Crippen LogP contribution in [0.4, 0.5) is 0 Å². The van der Waals surface area contributed by atoms with Gasteiger partial charge >= 0.3 is 0 Å². The van der Waals surface area contributed by atoms with Crippen molar-refractivity contribution in [1.82, 2.24) is 9.91 Å². The molecule has 0 spiro atoms. The molecule has 0 aromatic heterocycles. The fourth-order valence-corrected chi connectivity index (χ4v) is 2.78. The first-order chi connectivity index (χ1) is 11.1. The van der Waals surface area contributed by atoms with Crippen LogP contribution in [0.15, 0.2) is 29.4 Å². The third-order valence-electron chi connectivity index (χ3n) is 4.24. The van der Waals surface area contributed by atoms with Crippen LogP contribution in [-0.4, -0.2) is 53.7 Å². The smallest absolute Gasteiger partial charge is 0.270 e. The Morgan fingerprint density at radius 3 is 2.74 bits per heavy atom. The normalized spacial score (nSPS) is 18.5. The second kappa shape index (κ2) is 6.40. The van der Waals surface area contributed by atoms with Crippen LogP contribution in [0, 0.1) is 0 Å². The Kier molecular flexibility index (Phi) is 4.32. The predicted octanol–water partition coefficient (Wildman–Crippen LogP) is 1.45. The van der Waals surface area contributed by atoms with Crippen LogP contribution in [0.1, 0.15) is 25.3 Å². The van der Waals surface area contributed by atoms with E-state index in [-0.39, 0.29) is 17.9 Å². The summed E-state index contributed by atoms with van der Waals surface area (Å²) in [5.41, 5.74) is 1.63. The number of nitrogens with zero attached hydrogens (tertiary/aromatic N) is 3. The summed E-state index contributed by atoms with van der Waals surface area (Å²) in [6, 6.07) is 7.98. The summed E-state index contributed by atoms with van der Waals surface area (Å²) in [6.45, 7) is 3.22. The van der Waals surface area contributed by atoms with Crippen LogP contribution in [0.25, 0.3) is 0 Å². The van der Waals surface area contributed by atoms with Gasteiger partial charge in [0, 0.05) is 19.9 Å². The van der Waals surface area contributed by atoms with Crippen LogP contribution in [-0.2, 0) is 16.0 Å². The van der Waals surface area contributed by atoms with Crippen molar-refractivity contribution in [2.24, 2.45) is 5.10 Å². The zero-order valence-electron chi connectivity index (χ0n) is 13.5. The van der Waals surface area contributed by atoms with Gasteiger partial charge in [-0.05, 0) is 18.1 Å². The summed E-state index contributed by atoms with van der Waals surface area (Å²) in [5.74, 6) is 0.753. The molecule has 0 atom stereocenters. The molecule has 3 rings (SSSR count). The van der Waals surface area contributed by atoms with Gasteiger partial charge in [0.15, 0.2) is 0 Å². The fourth-order valence-electron chi connectivity index (χ4n) is 2.78. The molecule has 0 radical (unpaired) electrons. The third-order valence-corrected chi connectivity index (χ3v) is 4.24. The highest BCUT2D eigenvalue weighted by Crippen LogP contribution is 2.23. The molecule has 1 saturated heterocycles. The molecule has 23 heavy (non-hydrogen) atoms. The Labute approximate surface area is 135 Å². The maximum absolute atomic E-state index is 12.4. The van der Waals surface area contributed by atoms with Crippen molar-refractivity contribution in [3.8, 4) is 5.75 Å². The average molecular weight is 315 g/mol. The summed E-state index contributed by atoms with van der Waals surface area (Å²) in [7, 11) is 1.58. The number of hydrogen-bond donors (Lipinski definition) is 0. The van der Waals surface area contributed by atoms with E-state index in [0.717, 1.165) is 12.2 Å². The van der Waals surface area contributed by atoms with Gasteiger partial charge in [-0.2, -0.15) is 5.10 Å². The van der Waals surface area contributed by atoms with E-state index in [4.69, 9.17) is 4.74 Å². The van der Waals surface area contributed by atoms with Gasteiger partial charge in [-0.1, -0.05) is 25.1 Å². The molecule has 122 valence electrons. The van der Waals surface area contributed by atoms with Crippen molar-refractivity contribution in [1.29, 1.82) is 0 Å². The largest absolute Gasteiger partial charge is 0.486 e. The van der Waals surface area contributed by atoms with E-state index in [2.05, 4.69) is 18.1 Å². The number of amides is 2. The van der Waals surface area contributed by atoms with Gasteiger partial charge in [-0.3, -0.25) is 9.59 Å².